The molecule has 0 unspecified atom stereocenters. The van der Waals surface area contributed by atoms with E-state index in [2.05, 4.69) is 26.3 Å². The predicted octanol–water partition coefficient (Wildman–Crippen LogP) is -0.496. The van der Waals surface area contributed by atoms with Gasteiger partial charge in [0.2, 0.25) is 11.8 Å². The first-order valence-electron chi connectivity index (χ1n) is 8.95. The summed E-state index contributed by atoms with van der Waals surface area (Å²) in [6, 6.07) is 6.63. The number of hydrogen-bond donors (Lipinski definition) is 3. The standard InChI is InChI=1S/C18H23N7O3/c1-19-16(26)9-14-18(28)20-6-7-25(14)10-12-4-3-5-13(8-12)17(27)21-15-11-24(2)23-22-15/h3-5,8,11,14H,6-7,9-10H2,1-2H3,(H,19,26)(H,20,28)(H,21,27)/t14-/m1/s1. The first kappa shape index (κ1) is 19.5. The second-order valence-electron chi connectivity index (χ2n) is 6.59. The van der Waals surface area contributed by atoms with Gasteiger partial charge in [-0.05, 0) is 17.7 Å². The fraction of sp³-hybridized carbons (Fsp3) is 0.389. The SMILES string of the molecule is CNC(=O)C[C@@H]1C(=O)NCCN1Cc1cccc(C(=O)Nc2cn(C)nn2)c1. The van der Waals surface area contributed by atoms with Gasteiger partial charge in [0.05, 0.1) is 18.7 Å². The Labute approximate surface area is 162 Å². The Morgan fingerprint density at radius 1 is 1.36 bits per heavy atom. The minimum Gasteiger partial charge on any atom is -0.359 e. The number of anilines is 1. The van der Waals surface area contributed by atoms with Gasteiger partial charge in [-0.3, -0.25) is 24.0 Å². The third-order valence-electron chi connectivity index (χ3n) is 4.52. The van der Waals surface area contributed by atoms with Crippen LogP contribution in [0, 0.1) is 0 Å². The third-order valence-corrected chi connectivity index (χ3v) is 4.52. The van der Waals surface area contributed by atoms with E-state index in [1.165, 1.54) is 4.68 Å². The van der Waals surface area contributed by atoms with Crippen LogP contribution >= 0.6 is 0 Å². The second-order valence-corrected chi connectivity index (χ2v) is 6.59. The number of nitrogens with zero attached hydrogens (tertiary/aromatic N) is 4. The summed E-state index contributed by atoms with van der Waals surface area (Å²) < 4.78 is 1.50. The highest BCUT2D eigenvalue weighted by Gasteiger charge is 2.31. The molecule has 28 heavy (non-hydrogen) atoms. The number of nitrogens with one attached hydrogen (secondary N) is 3. The fourth-order valence-corrected chi connectivity index (χ4v) is 3.09. The maximum atomic E-state index is 12.4. The van der Waals surface area contributed by atoms with Gasteiger partial charge in [0.1, 0.15) is 0 Å². The number of benzene rings is 1. The van der Waals surface area contributed by atoms with Gasteiger partial charge in [0, 0.05) is 39.3 Å². The van der Waals surface area contributed by atoms with Crippen LogP contribution in [0.3, 0.4) is 0 Å². The average molecular weight is 385 g/mol. The molecule has 3 amide bonds. The first-order valence-corrected chi connectivity index (χ1v) is 8.95. The summed E-state index contributed by atoms with van der Waals surface area (Å²) in [4.78, 5) is 38.4. The zero-order valence-corrected chi connectivity index (χ0v) is 15.8. The van der Waals surface area contributed by atoms with Crippen LogP contribution in [0.2, 0.25) is 0 Å². The van der Waals surface area contributed by atoms with Crippen LogP contribution < -0.4 is 16.0 Å². The van der Waals surface area contributed by atoms with Crippen molar-refractivity contribution in [3.63, 3.8) is 0 Å². The number of amides is 3. The van der Waals surface area contributed by atoms with Crippen LogP contribution in [-0.2, 0) is 23.2 Å². The van der Waals surface area contributed by atoms with E-state index in [1.54, 1.807) is 38.5 Å². The van der Waals surface area contributed by atoms with Crippen LogP contribution in [0.1, 0.15) is 22.3 Å². The summed E-state index contributed by atoms with van der Waals surface area (Å²) in [7, 11) is 3.26. The van der Waals surface area contributed by atoms with Crippen LogP contribution in [0.15, 0.2) is 30.5 Å². The van der Waals surface area contributed by atoms with Crippen LogP contribution in [0.25, 0.3) is 0 Å². The molecule has 0 aliphatic carbocycles. The van der Waals surface area contributed by atoms with Gasteiger partial charge in [-0.1, -0.05) is 17.3 Å². The lowest BCUT2D eigenvalue weighted by Gasteiger charge is -2.34. The highest BCUT2D eigenvalue weighted by atomic mass is 16.2. The maximum absolute atomic E-state index is 12.4. The Kier molecular flexibility index (Phi) is 5.99. The molecule has 2 aromatic rings. The van der Waals surface area contributed by atoms with Crippen molar-refractivity contribution in [1.29, 1.82) is 0 Å². The first-order chi connectivity index (χ1) is 13.5. The van der Waals surface area contributed by atoms with Gasteiger partial charge < -0.3 is 16.0 Å². The molecule has 1 aromatic heterocycles. The Hall–Kier alpha value is -3.27. The molecule has 2 heterocycles. The van der Waals surface area contributed by atoms with Crippen molar-refractivity contribution in [2.75, 3.05) is 25.5 Å². The lowest BCUT2D eigenvalue weighted by Crippen LogP contribution is -2.56. The predicted molar refractivity (Wildman–Crippen MR) is 101 cm³/mol. The summed E-state index contributed by atoms with van der Waals surface area (Å²) in [6.45, 7) is 1.61. The highest BCUT2D eigenvalue weighted by Crippen LogP contribution is 2.16. The minimum absolute atomic E-state index is 0.0924. The molecule has 1 fully saturated rings. The number of hydrogen-bond acceptors (Lipinski definition) is 6. The van der Waals surface area contributed by atoms with Crippen molar-refractivity contribution in [2.45, 2.75) is 19.0 Å². The second kappa shape index (κ2) is 8.61. The summed E-state index contributed by atoms with van der Waals surface area (Å²) >= 11 is 0. The number of carbonyl (C=O) groups excluding carboxylic acids is 3. The van der Waals surface area contributed by atoms with Crippen molar-refractivity contribution in [3.05, 3.63) is 41.6 Å². The number of aromatic nitrogens is 3. The van der Waals surface area contributed by atoms with Crippen LogP contribution in [0.4, 0.5) is 5.82 Å². The highest BCUT2D eigenvalue weighted by molar-refractivity contribution is 6.03. The van der Waals surface area contributed by atoms with Gasteiger partial charge in [0.25, 0.3) is 5.91 Å². The smallest absolute Gasteiger partial charge is 0.256 e. The molecule has 0 bridgehead atoms. The Morgan fingerprint density at radius 3 is 2.89 bits per heavy atom. The van der Waals surface area contributed by atoms with Crippen LogP contribution in [0.5, 0.6) is 0 Å². The number of aryl methyl sites for hydroxylation is 1. The minimum atomic E-state index is -0.536. The molecule has 0 saturated carbocycles. The molecule has 1 aliphatic heterocycles. The molecule has 1 aromatic carbocycles. The molecular weight excluding hydrogens is 362 g/mol. The van der Waals surface area contributed by atoms with E-state index in [1.807, 2.05) is 11.0 Å². The molecule has 0 radical (unpaired) electrons. The number of rotatable bonds is 6. The third kappa shape index (κ3) is 4.71. The molecule has 148 valence electrons. The molecular formula is C18H23N7O3. The van der Waals surface area contributed by atoms with Crippen LogP contribution in [-0.4, -0.2) is 63.8 Å². The quantitative estimate of drug-likeness (QED) is 0.617. The van der Waals surface area contributed by atoms with E-state index < -0.39 is 6.04 Å². The lowest BCUT2D eigenvalue weighted by atomic mass is 10.0. The molecule has 0 spiro atoms. The normalized spacial score (nSPS) is 17.1. The van der Waals surface area contributed by atoms with E-state index in [-0.39, 0.29) is 24.1 Å². The monoisotopic (exact) mass is 385 g/mol. The van der Waals surface area contributed by atoms with Gasteiger partial charge in [0.15, 0.2) is 5.82 Å². The largest absolute Gasteiger partial charge is 0.359 e. The number of carbonyl (C=O) groups is 3. The molecule has 10 nitrogen and oxygen atoms in total. The summed E-state index contributed by atoms with van der Waals surface area (Å²) in [5.41, 5.74) is 1.36. The molecule has 1 aliphatic rings. The Morgan fingerprint density at radius 2 is 2.18 bits per heavy atom. The molecule has 1 atom stereocenters. The van der Waals surface area contributed by atoms with E-state index in [4.69, 9.17) is 0 Å². The van der Waals surface area contributed by atoms with E-state index >= 15 is 0 Å². The Bertz CT molecular complexity index is 880. The zero-order chi connectivity index (χ0) is 20.1. The van der Waals surface area contributed by atoms with E-state index in [9.17, 15) is 14.4 Å². The molecule has 3 N–H and O–H groups in total. The van der Waals surface area contributed by atoms with Crippen molar-refractivity contribution in [3.8, 4) is 0 Å². The summed E-state index contributed by atoms with van der Waals surface area (Å²) in [6.07, 6.45) is 1.70. The van der Waals surface area contributed by atoms with E-state index in [0.29, 0.717) is 31.0 Å². The van der Waals surface area contributed by atoms with Crippen molar-refractivity contribution < 1.29 is 14.4 Å². The Balaban J connectivity index is 1.71. The summed E-state index contributed by atoms with van der Waals surface area (Å²) in [5.74, 6) is -0.271. The molecule has 3 rings (SSSR count). The van der Waals surface area contributed by atoms with Crippen molar-refractivity contribution >= 4 is 23.5 Å². The van der Waals surface area contributed by atoms with Gasteiger partial charge in [-0.25, -0.2) is 0 Å². The molecule has 10 heteroatoms. The summed E-state index contributed by atoms with van der Waals surface area (Å²) in [5, 5.41) is 15.7. The topological polar surface area (TPSA) is 121 Å². The van der Waals surface area contributed by atoms with Gasteiger partial charge in [-0.2, -0.15) is 0 Å². The van der Waals surface area contributed by atoms with Crippen molar-refractivity contribution in [1.82, 2.24) is 30.5 Å². The van der Waals surface area contributed by atoms with Gasteiger partial charge >= 0.3 is 0 Å². The average Bonchev–Trinajstić information content (AvgIpc) is 3.09. The van der Waals surface area contributed by atoms with Gasteiger partial charge in [-0.15, -0.1) is 5.10 Å². The number of piperazine rings is 1. The maximum Gasteiger partial charge on any atom is 0.256 e. The fourth-order valence-electron chi connectivity index (χ4n) is 3.09. The lowest BCUT2D eigenvalue weighted by molar-refractivity contribution is -0.134. The van der Waals surface area contributed by atoms with E-state index in [0.717, 1.165) is 5.56 Å². The molecule has 1 saturated heterocycles. The van der Waals surface area contributed by atoms with Crippen molar-refractivity contribution in [2.24, 2.45) is 7.05 Å². The zero-order valence-electron chi connectivity index (χ0n) is 15.8.